The van der Waals surface area contributed by atoms with E-state index in [4.69, 9.17) is 0 Å². The lowest BCUT2D eigenvalue weighted by molar-refractivity contribution is 1.32. The van der Waals surface area contributed by atoms with Gasteiger partial charge in [-0.05, 0) is 35.4 Å². The number of hydrogen-bond acceptors (Lipinski definition) is 2. The highest BCUT2D eigenvalue weighted by Gasteiger charge is 2.08. The van der Waals surface area contributed by atoms with Gasteiger partial charge in [-0.2, -0.15) is 0 Å². The number of nitrogens with zero attached hydrogens (tertiary/aromatic N) is 2. The maximum Gasteiger partial charge on any atom is 0.0346 e. The molecule has 0 spiro atoms. The summed E-state index contributed by atoms with van der Waals surface area (Å²) in [5.41, 5.74) is 4.51. The molecule has 3 rings (SSSR count). The van der Waals surface area contributed by atoms with Gasteiger partial charge < -0.3 is 0 Å². The second kappa shape index (κ2) is 5.33. The molecular weight excluding hydrogens is 300 g/mol. The van der Waals surface area contributed by atoms with Crippen LogP contribution in [0.5, 0.6) is 0 Å². The average Bonchev–Trinajstić information content (AvgIpc) is 2.49. The molecule has 0 atom stereocenters. The van der Waals surface area contributed by atoms with Gasteiger partial charge in [0, 0.05) is 40.4 Å². The third kappa shape index (κ3) is 2.56. The lowest BCUT2D eigenvalue weighted by Gasteiger charge is -2.10. The molecule has 0 aliphatic rings. The number of aromatic nitrogens is 2. The summed E-state index contributed by atoms with van der Waals surface area (Å²) in [5, 5.41) is 0. The molecule has 2 aromatic heterocycles. The van der Waals surface area contributed by atoms with E-state index in [1.807, 2.05) is 30.6 Å². The predicted molar refractivity (Wildman–Crippen MR) is 80.6 cm³/mol. The molecule has 0 radical (unpaired) electrons. The Morgan fingerprint density at radius 1 is 0.737 bits per heavy atom. The molecule has 1 aromatic carbocycles. The van der Waals surface area contributed by atoms with E-state index < -0.39 is 0 Å². The zero-order valence-electron chi connectivity index (χ0n) is 10.1. The molecule has 0 N–H and O–H groups in total. The Labute approximate surface area is 120 Å². The van der Waals surface area contributed by atoms with E-state index in [0.717, 1.165) is 26.7 Å². The fraction of sp³-hybridized carbons (Fsp3) is 0. The molecule has 3 heteroatoms. The van der Waals surface area contributed by atoms with E-state index >= 15 is 0 Å². The summed E-state index contributed by atoms with van der Waals surface area (Å²) in [4.78, 5) is 8.39. The summed E-state index contributed by atoms with van der Waals surface area (Å²) in [7, 11) is 0. The van der Waals surface area contributed by atoms with Crippen molar-refractivity contribution in [2.45, 2.75) is 0 Å². The van der Waals surface area contributed by atoms with E-state index in [-0.39, 0.29) is 0 Å². The highest BCUT2D eigenvalue weighted by molar-refractivity contribution is 9.10. The average molecular weight is 311 g/mol. The summed E-state index contributed by atoms with van der Waals surface area (Å²) in [6, 6.07) is 14.3. The van der Waals surface area contributed by atoms with Gasteiger partial charge in [0.25, 0.3) is 0 Å². The highest BCUT2D eigenvalue weighted by atomic mass is 79.9. The highest BCUT2D eigenvalue weighted by Crippen LogP contribution is 2.33. The number of halogens is 1. The molecule has 19 heavy (non-hydrogen) atoms. The summed E-state index contributed by atoms with van der Waals surface area (Å²) >= 11 is 3.53. The summed E-state index contributed by atoms with van der Waals surface area (Å²) in [5.74, 6) is 0. The molecule has 3 aromatic rings. The van der Waals surface area contributed by atoms with Gasteiger partial charge in [0.2, 0.25) is 0 Å². The van der Waals surface area contributed by atoms with Gasteiger partial charge in [0.05, 0.1) is 0 Å². The van der Waals surface area contributed by atoms with Gasteiger partial charge in [-0.25, -0.2) is 0 Å². The van der Waals surface area contributed by atoms with Crippen LogP contribution in [0.1, 0.15) is 0 Å². The smallest absolute Gasteiger partial charge is 0.0346 e. The molecule has 0 fully saturated rings. The van der Waals surface area contributed by atoms with Gasteiger partial charge >= 0.3 is 0 Å². The van der Waals surface area contributed by atoms with E-state index in [1.165, 1.54) is 0 Å². The summed E-state index contributed by atoms with van der Waals surface area (Å²) < 4.78 is 1.05. The Kier molecular flexibility index (Phi) is 3.38. The molecule has 92 valence electrons. The number of rotatable bonds is 2. The molecular formula is C16H11BrN2. The van der Waals surface area contributed by atoms with Crippen LogP contribution in [0.4, 0.5) is 0 Å². The first-order valence-electron chi connectivity index (χ1n) is 5.95. The Bertz CT molecular complexity index is 682. The van der Waals surface area contributed by atoms with Crippen molar-refractivity contribution in [1.82, 2.24) is 9.97 Å². The van der Waals surface area contributed by atoms with Crippen LogP contribution in [-0.2, 0) is 0 Å². The van der Waals surface area contributed by atoms with Crippen LogP contribution in [0.25, 0.3) is 22.3 Å². The van der Waals surface area contributed by atoms with E-state index in [2.05, 4.69) is 50.2 Å². The lowest BCUT2D eigenvalue weighted by Crippen LogP contribution is -1.87. The van der Waals surface area contributed by atoms with Crippen molar-refractivity contribution in [2.24, 2.45) is 0 Å². The number of hydrogen-bond donors (Lipinski definition) is 0. The van der Waals surface area contributed by atoms with Crippen molar-refractivity contribution in [3.05, 3.63) is 71.7 Å². The van der Waals surface area contributed by atoms with Crippen LogP contribution in [0.2, 0.25) is 0 Å². The zero-order chi connectivity index (χ0) is 13.1. The predicted octanol–water partition coefficient (Wildman–Crippen LogP) is 4.57. The largest absolute Gasteiger partial charge is 0.264 e. The summed E-state index contributed by atoms with van der Waals surface area (Å²) in [6.45, 7) is 0. The van der Waals surface area contributed by atoms with Crippen LogP contribution < -0.4 is 0 Å². The van der Waals surface area contributed by atoms with E-state index in [0.29, 0.717) is 0 Å². The van der Waals surface area contributed by atoms with Crippen molar-refractivity contribution in [3.63, 3.8) is 0 Å². The first-order valence-corrected chi connectivity index (χ1v) is 6.74. The maximum absolute atomic E-state index is 4.19. The minimum atomic E-state index is 1.05. The third-order valence-corrected chi connectivity index (χ3v) is 3.42. The number of pyridine rings is 2. The molecule has 0 aliphatic heterocycles. The first-order chi connectivity index (χ1) is 9.34. The van der Waals surface area contributed by atoms with Gasteiger partial charge in [-0.3, -0.25) is 9.97 Å². The van der Waals surface area contributed by atoms with Crippen LogP contribution in [0, 0.1) is 0 Å². The maximum atomic E-state index is 4.19. The minimum absolute atomic E-state index is 1.05. The Morgan fingerprint density at radius 3 is 1.95 bits per heavy atom. The molecule has 0 unspecified atom stereocenters. The number of benzene rings is 1. The SMILES string of the molecule is Brc1ccc(-c2cccnc2)c(-c2cccnc2)c1. The normalized spacial score (nSPS) is 10.4. The van der Waals surface area contributed by atoms with E-state index in [9.17, 15) is 0 Å². The van der Waals surface area contributed by atoms with Crippen LogP contribution in [0.15, 0.2) is 71.7 Å². The fourth-order valence-corrected chi connectivity index (χ4v) is 2.41. The van der Waals surface area contributed by atoms with Crippen molar-refractivity contribution in [1.29, 1.82) is 0 Å². The molecule has 0 saturated heterocycles. The van der Waals surface area contributed by atoms with Gasteiger partial charge in [-0.1, -0.05) is 34.1 Å². The summed E-state index contributed by atoms with van der Waals surface area (Å²) in [6.07, 6.45) is 7.32. The lowest BCUT2D eigenvalue weighted by atomic mass is 9.97. The second-order valence-electron chi connectivity index (χ2n) is 4.17. The van der Waals surface area contributed by atoms with Crippen LogP contribution in [0.3, 0.4) is 0 Å². The van der Waals surface area contributed by atoms with Gasteiger partial charge in [0.15, 0.2) is 0 Å². The van der Waals surface area contributed by atoms with Gasteiger partial charge in [0.1, 0.15) is 0 Å². The van der Waals surface area contributed by atoms with Crippen molar-refractivity contribution in [3.8, 4) is 22.3 Å². The van der Waals surface area contributed by atoms with Crippen molar-refractivity contribution in [2.75, 3.05) is 0 Å². The van der Waals surface area contributed by atoms with Crippen molar-refractivity contribution < 1.29 is 0 Å². The fourth-order valence-electron chi connectivity index (χ4n) is 2.05. The quantitative estimate of drug-likeness (QED) is 0.692. The Hall–Kier alpha value is -2.00. The molecule has 2 nitrogen and oxygen atoms in total. The van der Waals surface area contributed by atoms with Crippen LogP contribution >= 0.6 is 15.9 Å². The van der Waals surface area contributed by atoms with Crippen molar-refractivity contribution >= 4 is 15.9 Å². The molecule has 0 amide bonds. The Balaban J connectivity index is 2.21. The van der Waals surface area contributed by atoms with E-state index in [1.54, 1.807) is 12.4 Å². The molecule has 0 saturated carbocycles. The molecule has 2 heterocycles. The molecule has 0 aliphatic carbocycles. The van der Waals surface area contributed by atoms with Gasteiger partial charge in [-0.15, -0.1) is 0 Å². The topological polar surface area (TPSA) is 25.8 Å². The zero-order valence-corrected chi connectivity index (χ0v) is 11.7. The minimum Gasteiger partial charge on any atom is -0.264 e. The monoisotopic (exact) mass is 310 g/mol. The third-order valence-electron chi connectivity index (χ3n) is 2.93. The molecule has 0 bridgehead atoms. The van der Waals surface area contributed by atoms with Crippen LogP contribution in [-0.4, -0.2) is 9.97 Å². The second-order valence-corrected chi connectivity index (χ2v) is 5.09. The first kappa shape index (κ1) is 12.1. The Morgan fingerprint density at radius 2 is 1.37 bits per heavy atom. The standard InChI is InChI=1S/C16H11BrN2/c17-14-5-6-15(12-3-1-7-18-10-12)16(9-14)13-4-2-8-19-11-13/h1-11H.